The SMILES string of the molecule is COc1cccc(N)c1C(=O)NCCOCC(F)F. The summed E-state index contributed by atoms with van der Waals surface area (Å²) in [6, 6.07) is 4.85. The number of benzene rings is 1. The first kappa shape index (κ1) is 15.2. The molecule has 0 bridgehead atoms. The normalized spacial score (nSPS) is 10.5. The summed E-state index contributed by atoms with van der Waals surface area (Å²) in [5.74, 6) is -0.0819. The Labute approximate surface area is 109 Å². The third-order valence-electron chi connectivity index (χ3n) is 2.28. The second-order valence-electron chi connectivity index (χ2n) is 3.65. The van der Waals surface area contributed by atoms with Crippen molar-refractivity contribution in [3.63, 3.8) is 0 Å². The predicted octanol–water partition coefficient (Wildman–Crippen LogP) is 1.29. The van der Waals surface area contributed by atoms with Crippen molar-refractivity contribution in [3.05, 3.63) is 23.8 Å². The molecule has 1 aromatic rings. The van der Waals surface area contributed by atoms with Crippen molar-refractivity contribution in [2.45, 2.75) is 6.43 Å². The van der Waals surface area contributed by atoms with Gasteiger partial charge in [0.2, 0.25) is 0 Å². The van der Waals surface area contributed by atoms with Crippen LogP contribution in [-0.2, 0) is 4.74 Å². The lowest BCUT2D eigenvalue weighted by molar-refractivity contribution is 0.0188. The van der Waals surface area contributed by atoms with E-state index in [0.29, 0.717) is 5.75 Å². The van der Waals surface area contributed by atoms with Crippen molar-refractivity contribution < 1.29 is 23.0 Å². The molecular weight excluding hydrogens is 258 g/mol. The van der Waals surface area contributed by atoms with Gasteiger partial charge in [0.15, 0.2) is 0 Å². The Bertz CT molecular complexity index is 427. The van der Waals surface area contributed by atoms with E-state index in [0.717, 1.165) is 0 Å². The van der Waals surface area contributed by atoms with Gasteiger partial charge in [0.1, 0.15) is 17.9 Å². The van der Waals surface area contributed by atoms with E-state index < -0.39 is 18.9 Å². The van der Waals surface area contributed by atoms with Gasteiger partial charge >= 0.3 is 0 Å². The van der Waals surface area contributed by atoms with Crippen LogP contribution in [0.2, 0.25) is 0 Å². The number of amides is 1. The van der Waals surface area contributed by atoms with E-state index in [2.05, 4.69) is 10.1 Å². The average Bonchev–Trinajstić information content (AvgIpc) is 2.37. The number of rotatable bonds is 7. The van der Waals surface area contributed by atoms with Crippen molar-refractivity contribution >= 4 is 11.6 Å². The molecule has 1 rings (SSSR count). The van der Waals surface area contributed by atoms with Crippen LogP contribution in [0.25, 0.3) is 0 Å². The van der Waals surface area contributed by atoms with Gasteiger partial charge in [-0.15, -0.1) is 0 Å². The number of hydrogen-bond donors (Lipinski definition) is 2. The summed E-state index contributed by atoms with van der Waals surface area (Å²) >= 11 is 0. The zero-order chi connectivity index (χ0) is 14.3. The first-order chi connectivity index (χ1) is 9.06. The smallest absolute Gasteiger partial charge is 0.261 e. The maximum atomic E-state index is 11.9. The topological polar surface area (TPSA) is 73.6 Å². The van der Waals surface area contributed by atoms with Crippen LogP contribution in [0.5, 0.6) is 5.75 Å². The molecule has 0 radical (unpaired) electrons. The largest absolute Gasteiger partial charge is 0.496 e. The van der Waals surface area contributed by atoms with E-state index in [9.17, 15) is 13.6 Å². The summed E-state index contributed by atoms with van der Waals surface area (Å²) in [6.07, 6.45) is -2.51. The van der Waals surface area contributed by atoms with Gasteiger partial charge < -0.3 is 20.5 Å². The fourth-order valence-corrected chi connectivity index (χ4v) is 1.46. The maximum Gasteiger partial charge on any atom is 0.261 e. The molecule has 0 saturated heterocycles. The summed E-state index contributed by atoms with van der Waals surface area (Å²) in [5, 5.41) is 2.52. The molecule has 0 unspecified atom stereocenters. The number of alkyl halides is 2. The number of nitrogens with two attached hydrogens (primary N) is 1. The van der Waals surface area contributed by atoms with Crippen molar-refractivity contribution in [1.29, 1.82) is 0 Å². The highest BCUT2D eigenvalue weighted by Gasteiger charge is 2.15. The van der Waals surface area contributed by atoms with Gasteiger partial charge in [-0.3, -0.25) is 4.79 Å². The van der Waals surface area contributed by atoms with Gasteiger partial charge in [0.05, 0.1) is 13.7 Å². The molecule has 0 aliphatic heterocycles. The molecule has 1 amide bonds. The molecule has 106 valence electrons. The molecule has 0 spiro atoms. The number of carbonyl (C=O) groups excluding carboxylic acids is 1. The second kappa shape index (κ2) is 7.52. The Hall–Kier alpha value is -1.89. The van der Waals surface area contributed by atoms with Crippen LogP contribution in [0.1, 0.15) is 10.4 Å². The van der Waals surface area contributed by atoms with Gasteiger partial charge in [-0.25, -0.2) is 8.78 Å². The number of ether oxygens (including phenoxy) is 2. The highest BCUT2D eigenvalue weighted by molar-refractivity contribution is 6.01. The molecule has 19 heavy (non-hydrogen) atoms. The Morgan fingerprint density at radius 1 is 1.47 bits per heavy atom. The standard InChI is InChI=1S/C12H16F2N2O3/c1-18-9-4-2-3-8(15)11(9)12(17)16-5-6-19-7-10(13)14/h2-4,10H,5-7,15H2,1H3,(H,16,17). The molecule has 0 atom stereocenters. The summed E-state index contributed by atoms with van der Waals surface area (Å²) < 4.78 is 33.3. The molecular formula is C12H16F2N2O3. The Morgan fingerprint density at radius 2 is 2.21 bits per heavy atom. The van der Waals surface area contributed by atoms with E-state index in [-0.39, 0.29) is 24.4 Å². The molecule has 5 nitrogen and oxygen atoms in total. The minimum absolute atomic E-state index is 0.00509. The van der Waals surface area contributed by atoms with Crippen molar-refractivity contribution in [2.24, 2.45) is 0 Å². The maximum absolute atomic E-state index is 11.9. The predicted molar refractivity (Wildman–Crippen MR) is 66.6 cm³/mol. The van der Waals surface area contributed by atoms with Crippen molar-refractivity contribution in [3.8, 4) is 5.75 Å². The fourth-order valence-electron chi connectivity index (χ4n) is 1.46. The van der Waals surface area contributed by atoms with Crippen LogP contribution in [0.4, 0.5) is 14.5 Å². The molecule has 0 aromatic heterocycles. The monoisotopic (exact) mass is 274 g/mol. The Morgan fingerprint density at radius 3 is 2.84 bits per heavy atom. The van der Waals surface area contributed by atoms with E-state index in [1.54, 1.807) is 18.2 Å². The lowest BCUT2D eigenvalue weighted by atomic mass is 10.1. The number of nitrogens with one attached hydrogen (secondary N) is 1. The zero-order valence-electron chi connectivity index (χ0n) is 10.5. The Balaban J connectivity index is 2.50. The average molecular weight is 274 g/mol. The van der Waals surface area contributed by atoms with Crippen molar-refractivity contribution in [2.75, 3.05) is 32.6 Å². The molecule has 0 aliphatic carbocycles. The van der Waals surface area contributed by atoms with Crippen LogP contribution in [0.3, 0.4) is 0 Å². The summed E-state index contributed by atoms with van der Waals surface area (Å²) in [4.78, 5) is 11.9. The van der Waals surface area contributed by atoms with Gasteiger partial charge in [-0.2, -0.15) is 0 Å². The lowest BCUT2D eigenvalue weighted by Gasteiger charge is -2.11. The Kier molecular flexibility index (Phi) is 6.01. The highest BCUT2D eigenvalue weighted by Crippen LogP contribution is 2.23. The molecule has 0 saturated carbocycles. The lowest BCUT2D eigenvalue weighted by Crippen LogP contribution is -2.28. The molecule has 1 aromatic carbocycles. The van der Waals surface area contributed by atoms with E-state index in [4.69, 9.17) is 10.5 Å². The fraction of sp³-hybridized carbons (Fsp3) is 0.417. The first-order valence-electron chi connectivity index (χ1n) is 5.62. The van der Waals surface area contributed by atoms with Crippen LogP contribution >= 0.6 is 0 Å². The van der Waals surface area contributed by atoms with E-state index in [1.807, 2.05) is 0 Å². The summed E-state index contributed by atoms with van der Waals surface area (Å²) in [6.45, 7) is -0.527. The summed E-state index contributed by atoms with van der Waals surface area (Å²) in [7, 11) is 1.43. The van der Waals surface area contributed by atoms with Gasteiger partial charge in [-0.1, -0.05) is 6.07 Å². The highest BCUT2D eigenvalue weighted by atomic mass is 19.3. The number of hydrogen-bond acceptors (Lipinski definition) is 4. The number of carbonyl (C=O) groups is 1. The second-order valence-corrected chi connectivity index (χ2v) is 3.65. The third-order valence-corrected chi connectivity index (χ3v) is 2.28. The third kappa shape index (κ3) is 4.70. The minimum atomic E-state index is -2.51. The van der Waals surface area contributed by atoms with E-state index in [1.165, 1.54) is 7.11 Å². The van der Waals surface area contributed by atoms with Crippen molar-refractivity contribution in [1.82, 2.24) is 5.32 Å². The van der Waals surface area contributed by atoms with Gasteiger partial charge in [0, 0.05) is 12.2 Å². The van der Waals surface area contributed by atoms with Gasteiger partial charge in [0.25, 0.3) is 12.3 Å². The number of anilines is 1. The molecule has 0 aliphatic rings. The van der Waals surface area contributed by atoms with Crippen LogP contribution in [-0.4, -0.2) is 39.2 Å². The minimum Gasteiger partial charge on any atom is -0.496 e. The molecule has 0 heterocycles. The number of halogens is 2. The van der Waals surface area contributed by atoms with Crippen LogP contribution in [0.15, 0.2) is 18.2 Å². The van der Waals surface area contributed by atoms with Crippen LogP contribution < -0.4 is 15.8 Å². The number of nitrogen functional groups attached to an aromatic ring is 1. The number of methoxy groups -OCH3 is 1. The molecule has 3 N–H and O–H groups in total. The quantitative estimate of drug-likeness (QED) is 0.580. The van der Waals surface area contributed by atoms with Gasteiger partial charge in [-0.05, 0) is 12.1 Å². The molecule has 7 heteroatoms. The van der Waals surface area contributed by atoms with E-state index >= 15 is 0 Å². The molecule has 0 fully saturated rings. The zero-order valence-corrected chi connectivity index (χ0v) is 10.5. The van der Waals surface area contributed by atoms with Crippen LogP contribution in [0, 0.1) is 0 Å². The first-order valence-corrected chi connectivity index (χ1v) is 5.62. The summed E-state index contributed by atoms with van der Waals surface area (Å²) in [5.41, 5.74) is 6.20.